The van der Waals surface area contributed by atoms with Gasteiger partial charge in [0, 0.05) is 28.8 Å². The smallest absolute Gasteiger partial charge is 0.290 e. The van der Waals surface area contributed by atoms with E-state index in [1.165, 1.54) is 0 Å². The zero-order valence-electron chi connectivity index (χ0n) is 19.0. The third-order valence-corrected chi connectivity index (χ3v) is 5.42. The maximum atomic E-state index is 12.8. The Labute approximate surface area is 187 Å². The molecule has 3 heterocycles. The number of ether oxygens (including phenoxy) is 1. The SMILES string of the molecule is CCOc1ccc(-n2c(C)cc(/C=N/NC(=O)c3c(C)nc4cc(C)ccn34)c2C)cc1. The molecule has 0 saturated heterocycles. The molecule has 0 aliphatic rings. The molecule has 32 heavy (non-hydrogen) atoms. The van der Waals surface area contributed by atoms with Crippen LogP contribution in [0.25, 0.3) is 11.3 Å². The lowest BCUT2D eigenvalue weighted by Crippen LogP contribution is -2.20. The Morgan fingerprint density at radius 1 is 1.12 bits per heavy atom. The molecule has 1 amide bonds. The maximum absolute atomic E-state index is 12.8. The molecular weight excluding hydrogens is 402 g/mol. The number of imidazole rings is 1. The standard InChI is InChI=1S/C25H27N5O2/c1-6-32-22-9-7-21(8-10-22)30-17(3)14-20(19(30)5)15-26-28-25(31)24-18(4)27-23-13-16(2)11-12-29(23)24/h7-15H,6H2,1-5H3,(H,28,31)/b26-15+. The summed E-state index contributed by atoms with van der Waals surface area (Å²) in [6.07, 6.45) is 3.53. The van der Waals surface area contributed by atoms with Crippen LogP contribution >= 0.6 is 0 Å². The number of aryl methyl sites for hydroxylation is 3. The van der Waals surface area contributed by atoms with Crippen LogP contribution in [0.5, 0.6) is 5.75 Å². The fourth-order valence-corrected chi connectivity index (χ4v) is 3.92. The van der Waals surface area contributed by atoms with Gasteiger partial charge < -0.3 is 9.30 Å². The van der Waals surface area contributed by atoms with Gasteiger partial charge >= 0.3 is 0 Å². The quantitative estimate of drug-likeness (QED) is 0.362. The molecule has 4 aromatic rings. The molecule has 0 aliphatic heterocycles. The fourth-order valence-electron chi connectivity index (χ4n) is 3.92. The van der Waals surface area contributed by atoms with E-state index in [9.17, 15) is 4.79 Å². The van der Waals surface area contributed by atoms with Crippen LogP contribution in [-0.4, -0.2) is 32.7 Å². The Morgan fingerprint density at radius 2 is 1.88 bits per heavy atom. The maximum Gasteiger partial charge on any atom is 0.290 e. The summed E-state index contributed by atoms with van der Waals surface area (Å²) in [4.78, 5) is 17.3. The predicted molar refractivity (Wildman–Crippen MR) is 126 cm³/mol. The normalized spacial score (nSPS) is 11.4. The lowest BCUT2D eigenvalue weighted by Gasteiger charge is -2.10. The average Bonchev–Trinajstić information content (AvgIpc) is 3.23. The van der Waals surface area contributed by atoms with Crippen LogP contribution in [0.15, 0.2) is 53.8 Å². The van der Waals surface area contributed by atoms with Crippen LogP contribution in [-0.2, 0) is 0 Å². The largest absolute Gasteiger partial charge is 0.494 e. The van der Waals surface area contributed by atoms with Crippen molar-refractivity contribution in [1.82, 2.24) is 19.4 Å². The predicted octanol–water partition coefficient (Wildman–Crippen LogP) is 4.52. The second kappa shape index (κ2) is 8.70. The first kappa shape index (κ1) is 21.4. The number of hydrogen-bond acceptors (Lipinski definition) is 4. The van der Waals surface area contributed by atoms with Gasteiger partial charge in [0.25, 0.3) is 5.91 Å². The molecule has 1 N–H and O–H groups in total. The monoisotopic (exact) mass is 429 g/mol. The Hall–Kier alpha value is -3.87. The van der Waals surface area contributed by atoms with Gasteiger partial charge in [-0.3, -0.25) is 9.20 Å². The Morgan fingerprint density at radius 3 is 2.59 bits per heavy atom. The number of hydrazone groups is 1. The number of hydrogen-bond donors (Lipinski definition) is 1. The molecule has 0 radical (unpaired) electrons. The third-order valence-electron chi connectivity index (χ3n) is 5.42. The van der Waals surface area contributed by atoms with Crippen molar-refractivity contribution in [1.29, 1.82) is 0 Å². The van der Waals surface area contributed by atoms with Crippen LogP contribution in [0.2, 0.25) is 0 Å². The van der Waals surface area contributed by atoms with Crippen LogP contribution in [0.1, 0.15) is 45.6 Å². The number of aromatic nitrogens is 3. The van der Waals surface area contributed by atoms with Crippen molar-refractivity contribution in [3.8, 4) is 11.4 Å². The molecule has 0 saturated carbocycles. The van der Waals surface area contributed by atoms with Gasteiger partial charge in [-0.1, -0.05) is 0 Å². The first-order chi connectivity index (χ1) is 15.4. The highest BCUT2D eigenvalue weighted by Crippen LogP contribution is 2.22. The molecule has 0 unspecified atom stereocenters. The van der Waals surface area contributed by atoms with Gasteiger partial charge in [0.1, 0.15) is 17.1 Å². The molecular formula is C25H27N5O2. The van der Waals surface area contributed by atoms with Gasteiger partial charge in [0.2, 0.25) is 0 Å². The first-order valence-corrected chi connectivity index (χ1v) is 10.6. The zero-order chi connectivity index (χ0) is 22.8. The van der Waals surface area contributed by atoms with Gasteiger partial charge in [-0.2, -0.15) is 5.10 Å². The summed E-state index contributed by atoms with van der Waals surface area (Å²) in [6, 6.07) is 13.9. The molecule has 0 bridgehead atoms. The molecule has 0 spiro atoms. The van der Waals surface area contributed by atoms with Crippen molar-refractivity contribution in [2.75, 3.05) is 6.61 Å². The Balaban J connectivity index is 1.54. The third kappa shape index (κ3) is 4.01. The molecule has 1 aromatic carbocycles. The number of pyridine rings is 1. The van der Waals surface area contributed by atoms with Gasteiger partial charge in [-0.25, -0.2) is 10.4 Å². The molecule has 0 aliphatic carbocycles. The summed E-state index contributed by atoms with van der Waals surface area (Å²) >= 11 is 0. The van der Waals surface area contributed by atoms with Crippen molar-refractivity contribution < 1.29 is 9.53 Å². The topological polar surface area (TPSA) is 72.9 Å². The number of carbonyl (C=O) groups excluding carboxylic acids is 1. The second-order valence-electron chi connectivity index (χ2n) is 7.77. The van der Waals surface area contributed by atoms with E-state index < -0.39 is 0 Å². The average molecular weight is 430 g/mol. The minimum absolute atomic E-state index is 0.296. The summed E-state index contributed by atoms with van der Waals surface area (Å²) in [5.74, 6) is 0.552. The molecule has 4 rings (SSSR count). The molecule has 7 heteroatoms. The number of fused-ring (bicyclic) bond motifs is 1. The molecule has 3 aromatic heterocycles. The molecule has 0 atom stereocenters. The van der Waals surface area contributed by atoms with Crippen molar-refractivity contribution in [3.63, 3.8) is 0 Å². The van der Waals surface area contributed by atoms with E-state index in [0.29, 0.717) is 18.0 Å². The van der Waals surface area contributed by atoms with E-state index in [-0.39, 0.29) is 5.91 Å². The minimum atomic E-state index is -0.296. The number of carbonyl (C=O) groups is 1. The van der Waals surface area contributed by atoms with Crippen molar-refractivity contribution >= 4 is 17.8 Å². The minimum Gasteiger partial charge on any atom is -0.494 e. The molecule has 164 valence electrons. The zero-order valence-corrected chi connectivity index (χ0v) is 19.0. The van der Waals surface area contributed by atoms with E-state index in [4.69, 9.17) is 4.74 Å². The number of nitrogens with one attached hydrogen (secondary N) is 1. The van der Waals surface area contributed by atoms with Crippen molar-refractivity contribution in [2.24, 2.45) is 5.10 Å². The van der Waals surface area contributed by atoms with Crippen LogP contribution in [0, 0.1) is 27.7 Å². The fraction of sp³-hybridized carbons (Fsp3) is 0.240. The van der Waals surface area contributed by atoms with Gasteiger partial charge in [0.15, 0.2) is 0 Å². The van der Waals surface area contributed by atoms with Crippen LogP contribution in [0.3, 0.4) is 0 Å². The van der Waals surface area contributed by atoms with Crippen molar-refractivity contribution in [3.05, 3.63) is 82.6 Å². The van der Waals surface area contributed by atoms with E-state index in [1.807, 2.05) is 83.3 Å². The highest BCUT2D eigenvalue weighted by molar-refractivity contribution is 5.95. The first-order valence-electron chi connectivity index (χ1n) is 10.6. The van der Waals surface area contributed by atoms with Crippen molar-refractivity contribution in [2.45, 2.75) is 34.6 Å². The molecule has 0 fully saturated rings. The Kier molecular flexibility index (Phi) is 5.81. The lowest BCUT2D eigenvalue weighted by atomic mass is 10.2. The number of nitrogens with zero attached hydrogens (tertiary/aromatic N) is 4. The molecule has 7 nitrogen and oxygen atoms in total. The number of benzene rings is 1. The van der Waals surface area contributed by atoms with E-state index >= 15 is 0 Å². The van der Waals surface area contributed by atoms with Gasteiger partial charge in [0.05, 0.1) is 18.5 Å². The number of rotatable bonds is 6. The van der Waals surface area contributed by atoms with E-state index in [0.717, 1.165) is 39.6 Å². The Bertz CT molecular complexity index is 1310. The van der Waals surface area contributed by atoms with E-state index in [2.05, 4.69) is 20.1 Å². The van der Waals surface area contributed by atoms with Crippen LogP contribution < -0.4 is 10.2 Å². The lowest BCUT2D eigenvalue weighted by molar-refractivity contribution is 0.0948. The highest BCUT2D eigenvalue weighted by Gasteiger charge is 2.16. The summed E-state index contributed by atoms with van der Waals surface area (Å²) in [5, 5.41) is 4.21. The summed E-state index contributed by atoms with van der Waals surface area (Å²) in [5.41, 5.74) is 9.72. The highest BCUT2D eigenvalue weighted by atomic mass is 16.5. The second-order valence-corrected chi connectivity index (χ2v) is 7.77. The summed E-state index contributed by atoms with van der Waals surface area (Å²) < 4.78 is 9.46. The number of amides is 1. The summed E-state index contributed by atoms with van der Waals surface area (Å²) in [6.45, 7) is 10.5. The van der Waals surface area contributed by atoms with Gasteiger partial charge in [-0.05, 0) is 82.6 Å². The van der Waals surface area contributed by atoms with E-state index in [1.54, 1.807) is 10.6 Å². The van der Waals surface area contributed by atoms with Gasteiger partial charge in [-0.15, -0.1) is 0 Å². The summed E-state index contributed by atoms with van der Waals surface area (Å²) in [7, 11) is 0. The van der Waals surface area contributed by atoms with Crippen LogP contribution in [0.4, 0.5) is 0 Å².